The zero-order valence-corrected chi connectivity index (χ0v) is 9.56. The molecule has 1 aliphatic carbocycles. The largest absolute Gasteiger partial charge is 0.0919 e. The van der Waals surface area contributed by atoms with Crippen molar-refractivity contribution in [1.29, 1.82) is 0 Å². The van der Waals surface area contributed by atoms with Gasteiger partial charge in [0.05, 0.1) is 8.07 Å². The molecule has 0 saturated carbocycles. The van der Waals surface area contributed by atoms with E-state index in [1.807, 2.05) is 0 Å². The Kier molecular flexibility index (Phi) is 3.33. The van der Waals surface area contributed by atoms with Gasteiger partial charge in [-0.05, 0) is 25.7 Å². The van der Waals surface area contributed by atoms with E-state index in [1.165, 1.54) is 25.7 Å². The molecule has 0 nitrogen and oxygen atoms in total. The molecule has 0 aliphatic heterocycles. The maximum absolute atomic E-state index is 2.54. The van der Waals surface area contributed by atoms with Crippen LogP contribution < -0.4 is 0 Å². The summed E-state index contributed by atoms with van der Waals surface area (Å²) in [6.45, 7) is 7.20. The van der Waals surface area contributed by atoms with Crippen molar-refractivity contribution in [2.75, 3.05) is 0 Å². The molecule has 68 valence electrons. The second-order valence-electron chi connectivity index (χ2n) is 4.73. The topological polar surface area (TPSA) is 0 Å². The second-order valence-corrected chi connectivity index (χ2v) is 9.75. The van der Waals surface area contributed by atoms with Gasteiger partial charge in [0.25, 0.3) is 0 Å². The molecule has 0 saturated heterocycles. The standard InChI is InChI=1S/C11H20Si/c1-12(2,3)10-11-8-6-4-5-7-9-11/h6,8,10H,4-5,7,9H2,1-3H3/b11-10-. The van der Waals surface area contributed by atoms with E-state index in [9.17, 15) is 0 Å². The third-order valence-corrected chi connectivity index (χ3v) is 3.27. The van der Waals surface area contributed by atoms with Crippen LogP contribution in [0.1, 0.15) is 25.7 Å². The van der Waals surface area contributed by atoms with Crippen LogP contribution in [0.25, 0.3) is 0 Å². The van der Waals surface area contributed by atoms with Gasteiger partial charge in [-0.25, -0.2) is 0 Å². The zero-order valence-electron chi connectivity index (χ0n) is 8.56. The molecule has 1 heteroatoms. The van der Waals surface area contributed by atoms with Gasteiger partial charge < -0.3 is 0 Å². The van der Waals surface area contributed by atoms with Crippen molar-refractivity contribution in [2.24, 2.45) is 0 Å². The summed E-state index contributed by atoms with van der Waals surface area (Å²) in [5.74, 6) is 0. The molecule has 0 unspecified atom stereocenters. The summed E-state index contributed by atoms with van der Waals surface area (Å²) in [6.07, 6.45) is 10.0. The van der Waals surface area contributed by atoms with Crippen LogP contribution in [0.4, 0.5) is 0 Å². The lowest BCUT2D eigenvalue weighted by molar-refractivity contribution is 0.765. The number of hydrogen-bond acceptors (Lipinski definition) is 0. The minimum Gasteiger partial charge on any atom is -0.0919 e. The first-order valence-electron chi connectivity index (χ1n) is 4.96. The predicted molar refractivity (Wildman–Crippen MR) is 59.0 cm³/mol. The Hall–Kier alpha value is -0.303. The lowest BCUT2D eigenvalue weighted by atomic mass is 10.2. The summed E-state index contributed by atoms with van der Waals surface area (Å²) >= 11 is 0. The van der Waals surface area contributed by atoms with Crippen molar-refractivity contribution in [1.82, 2.24) is 0 Å². The number of allylic oxidation sites excluding steroid dienone is 3. The Morgan fingerprint density at radius 3 is 2.67 bits per heavy atom. The van der Waals surface area contributed by atoms with Gasteiger partial charge >= 0.3 is 0 Å². The van der Waals surface area contributed by atoms with Crippen LogP contribution in [0.5, 0.6) is 0 Å². The minimum absolute atomic E-state index is 0.980. The highest BCUT2D eigenvalue weighted by Crippen LogP contribution is 2.18. The van der Waals surface area contributed by atoms with Gasteiger partial charge in [0.15, 0.2) is 0 Å². The maximum Gasteiger partial charge on any atom is 0.0690 e. The van der Waals surface area contributed by atoms with Crippen LogP contribution in [0.2, 0.25) is 19.6 Å². The summed E-state index contributed by atoms with van der Waals surface area (Å²) in [4.78, 5) is 0. The van der Waals surface area contributed by atoms with Crippen LogP contribution >= 0.6 is 0 Å². The van der Waals surface area contributed by atoms with Gasteiger partial charge in [-0.3, -0.25) is 0 Å². The van der Waals surface area contributed by atoms with E-state index in [4.69, 9.17) is 0 Å². The first-order chi connectivity index (χ1) is 5.58. The van der Waals surface area contributed by atoms with Gasteiger partial charge in [-0.1, -0.05) is 43.1 Å². The first-order valence-corrected chi connectivity index (χ1v) is 8.54. The Morgan fingerprint density at radius 2 is 2.00 bits per heavy atom. The normalized spacial score (nSPS) is 22.8. The molecule has 0 aromatic carbocycles. The molecule has 0 atom stereocenters. The Morgan fingerprint density at radius 1 is 1.25 bits per heavy atom. The van der Waals surface area contributed by atoms with Crippen molar-refractivity contribution in [3.05, 3.63) is 23.4 Å². The van der Waals surface area contributed by atoms with Crippen LogP contribution in [0.15, 0.2) is 23.4 Å². The second kappa shape index (κ2) is 4.08. The quantitative estimate of drug-likeness (QED) is 0.537. The molecule has 0 fully saturated rings. The highest BCUT2D eigenvalue weighted by atomic mass is 28.3. The summed E-state index contributed by atoms with van der Waals surface area (Å²) in [5, 5.41) is 0. The smallest absolute Gasteiger partial charge is 0.0690 e. The molecule has 0 spiro atoms. The van der Waals surface area contributed by atoms with Crippen molar-refractivity contribution >= 4 is 8.07 Å². The van der Waals surface area contributed by atoms with E-state index in [0.717, 1.165) is 0 Å². The Balaban J connectivity index is 2.66. The first kappa shape index (κ1) is 9.78. The van der Waals surface area contributed by atoms with Crippen LogP contribution in [-0.2, 0) is 0 Å². The summed E-state index contributed by atoms with van der Waals surface area (Å²) in [7, 11) is -0.980. The average Bonchev–Trinajstić information content (AvgIpc) is 2.12. The average molecular weight is 180 g/mol. The zero-order chi connectivity index (χ0) is 9.03. The summed E-state index contributed by atoms with van der Waals surface area (Å²) in [5.41, 5.74) is 4.13. The van der Waals surface area contributed by atoms with Gasteiger partial charge in [-0.2, -0.15) is 0 Å². The van der Waals surface area contributed by atoms with E-state index in [0.29, 0.717) is 0 Å². The molecular weight excluding hydrogens is 160 g/mol. The lowest BCUT2D eigenvalue weighted by Crippen LogP contribution is -2.16. The van der Waals surface area contributed by atoms with Crippen molar-refractivity contribution < 1.29 is 0 Å². The molecule has 0 N–H and O–H groups in total. The highest BCUT2D eigenvalue weighted by molar-refractivity contribution is 6.81. The maximum atomic E-state index is 2.54. The van der Waals surface area contributed by atoms with E-state index in [1.54, 1.807) is 5.57 Å². The van der Waals surface area contributed by atoms with E-state index in [2.05, 4.69) is 37.5 Å². The molecule has 0 aromatic rings. The van der Waals surface area contributed by atoms with Crippen LogP contribution in [-0.4, -0.2) is 8.07 Å². The van der Waals surface area contributed by atoms with E-state index < -0.39 is 8.07 Å². The predicted octanol–water partition coefficient (Wildman–Crippen LogP) is 3.92. The molecule has 0 radical (unpaired) electrons. The van der Waals surface area contributed by atoms with E-state index >= 15 is 0 Å². The van der Waals surface area contributed by atoms with Gasteiger partial charge in [-0.15, -0.1) is 0 Å². The molecule has 1 aliphatic rings. The molecule has 1 rings (SSSR count). The summed E-state index contributed by atoms with van der Waals surface area (Å²) < 4.78 is 0. The van der Waals surface area contributed by atoms with Crippen molar-refractivity contribution in [2.45, 2.75) is 45.3 Å². The molecule has 0 heterocycles. The van der Waals surface area contributed by atoms with Crippen LogP contribution in [0.3, 0.4) is 0 Å². The number of hydrogen-bond donors (Lipinski definition) is 0. The lowest BCUT2D eigenvalue weighted by Gasteiger charge is -2.11. The molecule has 0 amide bonds. The van der Waals surface area contributed by atoms with Crippen molar-refractivity contribution in [3.8, 4) is 0 Å². The number of rotatable bonds is 1. The third-order valence-electron chi connectivity index (χ3n) is 2.04. The SMILES string of the molecule is C[Si](C)(C)/C=C1/C=CCCCC1. The van der Waals surface area contributed by atoms with Gasteiger partial charge in [0, 0.05) is 0 Å². The van der Waals surface area contributed by atoms with Gasteiger partial charge in [0.1, 0.15) is 0 Å². The Labute approximate surface area is 77.4 Å². The molecule has 0 bridgehead atoms. The Bertz CT molecular complexity index is 194. The van der Waals surface area contributed by atoms with E-state index in [-0.39, 0.29) is 0 Å². The molecular formula is C11H20Si. The van der Waals surface area contributed by atoms with Crippen LogP contribution in [0, 0.1) is 0 Å². The third kappa shape index (κ3) is 3.91. The molecule has 0 aromatic heterocycles. The summed E-state index contributed by atoms with van der Waals surface area (Å²) in [6, 6.07) is 0. The highest BCUT2D eigenvalue weighted by Gasteiger charge is 2.10. The van der Waals surface area contributed by atoms with Gasteiger partial charge in [0.2, 0.25) is 0 Å². The molecule has 12 heavy (non-hydrogen) atoms. The minimum atomic E-state index is -0.980. The monoisotopic (exact) mass is 180 g/mol. The fraction of sp³-hybridized carbons (Fsp3) is 0.636. The fourth-order valence-corrected chi connectivity index (χ4v) is 2.94. The van der Waals surface area contributed by atoms with Crippen molar-refractivity contribution in [3.63, 3.8) is 0 Å². The fourth-order valence-electron chi connectivity index (χ4n) is 1.59.